The quantitative estimate of drug-likeness (QED) is 0.336. The second-order valence-electron chi connectivity index (χ2n) is 7.07. The lowest BCUT2D eigenvalue weighted by Crippen LogP contribution is -2.13. The molecule has 0 atom stereocenters. The standard InChI is InChI=1S/C20H22O8/c1-7(2)15(23)9-5-11(21)17(25)19(27)13(9)14-10(16(24)8(3)4)6-12(22)18(26)20(14)28/h5-8,21-22,25-28H,1-4H3. The first-order valence-corrected chi connectivity index (χ1v) is 8.54. The van der Waals surface area contributed by atoms with Gasteiger partial charge >= 0.3 is 0 Å². The predicted molar refractivity (Wildman–Crippen MR) is 100 cm³/mol. The van der Waals surface area contributed by atoms with Gasteiger partial charge in [-0.1, -0.05) is 27.7 Å². The average molecular weight is 390 g/mol. The highest BCUT2D eigenvalue weighted by molar-refractivity contribution is 6.12. The molecule has 0 radical (unpaired) electrons. The number of hydrogen-bond acceptors (Lipinski definition) is 8. The summed E-state index contributed by atoms with van der Waals surface area (Å²) in [7, 11) is 0. The maximum absolute atomic E-state index is 12.7. The number of carbonyl (C=O) groups excluding carboxylic acids is 2. The highest BCUT2D eigenvalue weighted by atomic mass is 16.3. The third-order valence-electron chi connectivity index (χ3n) is 4.34. The first-order valence-electron chi connectivity index (χ1n) is 8.54. The molecule has 2 rings (SSSR count). The summed E-state index contributed by atoms with van der Waals surface area (Å²) in [6, 6.07) is 1.80. The molecule has 150 valence electrons. The van der Waals surface area contributed by atoms with Gasteiger partial charge in [-0.2, -0.15) is 0 Å². The Hall–Kier alpha value is -3.42. The van der Waals surface area contributed by atoms with Crippen molar-refractivity contribution in [2.24, 2.45) is 11.8 Å². The molecule has 0 heterocycles. The second-order valence-corrected chi connectivity index (χ2v) is 7.07. The lowest BCUT2D eigenvalue weighted by molar-refractivity contribution is 0.0930. The summed E-state index contributed by atoms with van der Waals surface area (Å²) in [4.78, 5) is 25.3. The van der Waals surface area contributed by atoms with E-state index in [0.717, 1.165) is 12.1 Å². The van der Waals surface area contributed by atoms with Crippen LogP contribution in [0.3, 0.4) is 0 Å². The highest BCUT2D eigenvalue weighted by Gasteiger charge is 2.31. The summed E-state index contributed by atoms with van der Waals surface area (Å²) >= 11 is 0. The van der Waals surface area contributed by atoms with Gasteiger partial charge in [-0.15, -0.1) is 0 Å². The Morgan fingerprint density at radius 3 is 1.14 bits per heavy atom. The monoisotopic (exact) mass is 390 g/mol. The number of phenols is 6. The Morgan fingerprint density at radius 2 is 0.893 bits per heavy atom. The van der Waals surface area contributed by atoms with Crippen LogP contribution in [0.1, 0.15) is 48.4 Å². The molecule has 0 aromatic heterocycles. The van der Waals surface area contributed by atoms with Crippen molar-refractivity contribution in [3.05, 3.63) is 23.3 Å². The third-order valence-corrected chi connectivity index (χ3v) is 4.34. The van der Waals surface area contributed by atoms with Crippen LogP contribution in [0.2, 0.25) is 0 Å². The number of carbonyl (C=O) groups is 2. The zero-order valence-corrected chi connectivity index (χ0v) is 15.8. The van der Waals surface area contributed by atoms with Crippen LogP contribution in [0.4, 0.5) is 0 Å². The smallest absolute Gasteiger partial charge is 0.200 e. The molecule has 0 saturated carbocycles. The minimum absolute atomic E-state index is 0.277. The topological polar surface area (TPSA) is 156 Å². The Morgan fingerprint density at radius 1 is 0.607 bits per heavy atom. The Labute approximate surface area is 160 Å². The van der Waals surface area contributed by atoms with E-state index in [4.69, 9.17) is 0 Å². The molecule has 8 nitrogen and oxygen atoms in total. The van der Waals surface area contributed by atoms with Crippen molar-refractivity contribution in [3.63, 3.8) is 0 Å². The van der Waals surface area contributed by atoms with Crippen molar-refractivity contribution in [1.82, 2.24) is 0 Å². The van der Waals surface area contributed by atoms with E-state index in [-0.39, 0.29) is 11.1 Å². The number of benzene rings is 2. The average Bonchev–Trinajstić information content (AvgIpc) is 2.63. The number of aromatic hydroxyl groups is 6. The summed E-state index contributed by atoms with van der Waals surface area (Å²) in [6.45, 7) is 6.23. The summed E-state index contributed by atoms with van der Waals surface area (Å²) in [6.07, 6.45) is 0. The van der Waals surface area contributed by atoms with Crippen LogP contribution in [0.25, 0.3) is 11.1 Å². The Bertz CT molecular complexity index is 894. The van der Waals surface area contributed by atoms with Crippen LogP contribution in [-0.4, -0.2) is 42.2 Å². The molecule has 6 N–H and O–H groups in total. The zero-order chi connectivity index (χ0) is 21.5. The lowest BCUT2D eigenvalue weighted by atomic mass is 9.85. The second kappa shape index (κ2) is 7.30. The van der Waals surface area contributed by atoms with Crippen LogP contribution in [0.5, 0.6) is 34.5 Å². The van der Waals surface area contributed by atoms with E-state index in [0.29, 0.717) is 0 Å². The fraction of sp³-hybridized carbons (Fsp3) is 0.300. The van der Waals surface area contributed by atoms with E-state index in [1.165, 1.54) is 0 Å². The van der Waals surface area contributed by atoms with Gasteiger partial charge in [0.25, 0.3) is 0 Å². The van der Waals surface area contributed by atoms with Gasteiger partial charge in [0.2, 0.25) is 11.5 Å². The maximum Gasteiger partial charge on any atom is 0.200 e. The molecule has 2 aromatic rings. The molecule has 0 saturated heterocycles. The zero-order valence-electron chi connectivity index (χ0n) is 15.8. The SMILES string of the molecule is CC(C)C(=O)c1cc(O)c(O)c(O)c1-c1c(C(=O)C(C)C)cc(O)c(O)c1O. The van der Waals surface area contributed by atoms with Crippen LogP contribution in [0.15, 0.2) is 12.1 Å². The van der Waals surface area contributed by atoms with Gasteiger partial charge in [0.15, 0.2) is 34.6 Å². The van der Waals surface area contributed by atoms with Gasteiger partial charge < -0.3 is 30.6 Å². The molecular weight excluding hydrogens is 368 g/mol. The molecule has 2 aromatic carbocycles. The molecule has 28 heavy (non-hydrogen) atoms. The molecule has 0 spiro atoms. The van der Waals surface area contributed by atoms with Crippen molar-refractivity contribution in [3.8, 4) is 45.6 Å². The third kappa shape index (κ3) is 3.28. The van der Waals surface area contributed by atoms with Crippen LogP contribution in [-0.2, 0) is 0 Å². The van der Waals surface area contributed by atoms with Crippen molar-refractivity contribution in [2.45, 2.75) is 27.7 Å². The molecule has 0 bridgehead atoms. The lowest BCUT2D eigenvalue weighted by Gasteiger charge is -2.20. The predicted octanol–water partition coefficient (Wildman–Crippen LogP) is 3.26. The van der Waals surface area contributed by atoms with Crippen LogP contribution in [0, 0.1) is 11.8 Å². The van der Waals surface area contributed by atoms with Crippen molar-refractivity contribution in [1.29, 1.82) is 0 Å². The van der Waals surface area contributed by atoms with E-state index in [9.17, 15) is 40.2 Å². The van der Waals surface area contributed by atoms with Gasteiger partial charge in [-0.3, -0.25) is 9.59 Å². The molecule has 0 amide bonds. The number of rotatable bonds is 5. The molecule has 0 aliphatic carbocycles. The van der Waals surface area contributed by atoms with E-state index < -0.39 is 69.0 Å². The normalized spacial score (nSPS) is 11.2. The molecule has 0 fully saturated rings. The highest BCUT2D eigenvalue weighted by Crippen LogP contribution is 2.52. The fourth-order valence-electron chi connectivity index (χ4n) is 2.81. The first-order chi connectivity index (χ1) is 12.9. The molecule has 0 aliphatic rings. The fourth-order valence-corrected chi connectivity index (χ4v) is 2.81. The Kier molecular flexibility index (Phi) is 5.45. The van der Waals surface area contributed by atoms with Crippen molar-refractivity contribution in [2.75, 3.05) is 0 Å². The molecule has 8 heteroatoms. The van der Waals surface area contributed by atoms with E-state index in [1.54, 1.807) is 27.7 Å². The largest absolute Gasteiger partial charge is 0.504 e. The maximum atomic E-state index is 12.7. The summed E-state index contributed by atoms with van der Waals surface area (Å²) in [5.74, 6) is -7.71. The van der Waals surface area contributed by atoms with Gasteiger partial charge in [-0.25, -0.2) is 0 Å². The summed E-state index contributed by atoms with van der Waals surface area (Å²) < 4.78 is 0. The number of hydrogen-bond donors (Lipinski definition) is 6. The first kappa shape index (κ1) is 20.9. The molecular formula is C20H22O8. The van der Waals surface area contributed by atoms with Crippen molar-refractivity contribution < 1.29 is 40.2 Å². The Balaban J connectivity index is 3.07. The van der Waals surface area contributed by atoms with Gasteiger partial charge in [0.05, 0.1) is 0 Å². The van der Waals surface area contributed by atoms with E-state index in [2.05, 4.69) is 0 Å². The van der Waals surface area contributed by atoms with E-state index in [1.807, 2.05) is 0 Å². The minimum atomic E-state index is -0.967. The van der Waals surface area contributed by atoms with Gasteiger partial charge in [-0.05, 0) is 12.1 Å². The van der Waals surface area contributed by atoms with Crippen LogP contribution >= 0.6 is 0 Å². The molecule has 0 aliphatic heterocycles. The number of Topliss-reactive ketones (excluding diaryl/α,β-unsaturated/α-hetero) is 2. The van der Waals surface area contributed by atoms with Gasteiger partial charge in [0.1, 0.15) is 0 Å². The molecule has 0 unspecified atom stereocenters. The summed E-state index contributed by atoms with van der Waals surface area (Å²) in [5.41, 5.74) is -1.43. The summed E-state index contributed by atoms with van der Waals surface area (Å²) in [5, 5.41) is 60.5. The number of ketones is 2. The number of phenolic OH excluding ortho intramolecular Hbond substituents is 6. The van der Waals surface area contributed by atoms with Gasteiger partial charge in [0, 0.05) is 34.1 Å². The van der Waals surface area contributed by atoms with Crippen LogP contribution < -0.4 is 0 Å². The van der Waals surface area contributed by atoms with Crippen molar-refractivity contribution >= 4 is 11.6 Å². The van der Waals surface area contributed by atoms with E-state index >= 15 is 0 Å². The minimum Gasteiger partial charge on any atom is -0.504 e.